The van der Waals surface area contributed by atoms with Gasteiger partial charge in [0.25, 0.3) is 0 Å². The molecule has 5 heteroatoms. The van der Waals surface area contributed by atoms with E-state index in [0.717, 1.165) is 39.9 Å². The third-order valence-electron chi connectivity index (χ3n) is 3.75. The Morgan fingerprint density at radius 1 is 1.17 bits per heavy atom. The van der Waals surface area contributed by atoms with Crippen LogP contribution in [0.3, 0.4) is 0 Å². The molecule has 0 aliphatic carbocycles. The summed E-state index contributed by atoms with van der Waals surface area (Å²) in [5.41, 5.74) is 3.79. The molecule has 1 aromatic carbocycles. The summed E-state index contributed by atoms with van der Waals surface area (Å²) in [6.45, 7) is 4.95. The molecule has 1 aliphatic heterocycles. The maximum absolute atomic E-state index is 5.99. The highest BCUT2D eigenvalue weighted by Crippen LogP contribution is 2.37. The summed E-state index contributed by atoms with van der Waals surface area (Å²) in [6, 6.07) is 12.0. The molecule has 3 heterocycles. The Bertz CT molecular complexity index is 842. The maximum atomic E-state index is 5.99. The molecule has 0 saturated carbocycles. The quantitative estimate of drug-likeness (QED) is 0.756. The van der Waals surface area contributed by atoms with Crippen molar-refractivity contribution >= 4 is 17.0 Å². The van der Waals surface area contributed by atoms with E-state index in [4.69, 9.17) is 9.72 Å². The number of nitrogens with zero attached hydrogens (tertiary/aromatic N) is 2. The lowest BCUT2D eigenvalue weighted by Crippen LogP contribution is -2.39. The molecule has 0 saturated heterocycles. The van der Waals surface area contributed by atoms with Gasteiger partial charge in [0.1, 0.15) is 16.4 Å². The van der Waals surface area contributed by atoms with Crippen LogP contribution in [0.4, 0.5) is 5.69 Å². The van der Waals surface area contributed by atoms with Crippen LogP contribution in [-0.4, -0.2) is 22.1 Å². The van der Waals surface area contributed by atoms with Crippen molar-refractivity contribution in [2.24, 2.45) is 0 Å². The molecule has 1 aliphatic rings. The summed E-state index contributed by atoms with van der Waals surface area (Å²) in [4.78, 5) is 9.07. The normalized spacial score (nSPS) is 15.4. The molecule has 2 aromatic heterocycles. The molecule has 3 aromatic rings. The van der Waals surface area contributed by atoms with E-state index in [0.29, 0.717) is 0 Å². The van der Waals surface area contributed by atoms with Crippen LogP contribution in [0.25, 0.3) is 22.0 Å². The van der Waals surface area contributed by atoms with Gasteiger partial charge in [-0.1, -0.05) is 6.07 Å². The summed E-state index contributed by atoms with van der Waals surface area (Å²) in [5, 5.41) is 6.44. The first kappa shape index (κ1) is 14.2. The highest BCUT2D eigenvalue weighted by Gasteiger charge is 2.26. The maximum Gasteiger partial charge on any atom is 0.143 e. The molecule has 0 radical (unpaired) electrons. The molecule has 23 heavy (non-hydrogen) atoms. The highest BCUT2D eigenvalue weighted by molar-refractivity contribution is 7.13. The number of fused-ring (bicyclic) bond motifs is 1. The molecule has 0 atom stereocenters. The van der Waals surface area contributed by atoms with Crippen LogP contribution >= 0.6 is 11.3 Å². The zero-order chi connectivity index (χ0) is 15.9. The van der Waals surface area contributed by atoms with Crippen molar-refractivity contribution in [3.8, 4) is 27.7 Å². The minimum Gasteiger partial charge on any atom is -0.484 e. The van der Waals surface area contributed by atoms with Crippen molar-refractivity contribution in [2.75, 3.05) is 11.9 Å². The SMILES string of the molecule is CC1(C)CNc2cc(-c3csc(-c4ccccn4)n3)ccc2O1. The van der Waals surface area contributed by atoms with E-state index in [1.807, 2.05) is 24.3 Å². The van der Waals surface area contributed by atoms with Crippen LogP contribution in [0.5, 0.6) is 5.75 Å². The summed E-state index contributed by atoms with van der Waals surface area (Å²) in [5.74, 6) is 0.894. The van der Waals surface area contributed by atoms with Crippen LogP contribution in [0.2, 0.25) is 0 Å². The number of rotatable bonds is 2. The Morgan fingerprint density at radius 3 is 2.91 bits per heavy atom. The molecule has 0 amide bonds. The number of anilines is 1. The van der Waals surface area contributed by atoms with Crippen molar-refractivity contribution in [3.05, 3.63) is 48.0 Å². The third kappa shape index (κ3) is 2.80. The minimum atomic E-state index is -0.179. The molecule has 4 nitrogen and oxygen atoms in total. The zero-order valence-electron chi connectivity index (χ0n) is 13.0. The lowest BCUT2D eigenvalue weighted by Gasteiger charge is -2.33. The minimum absolute atomic E-state index is 0.179. The fourth-order valence-corrected chi connectivity index (χ4v) is 3.38. The van der Waals surface area contributed by atoms with E-state index < -0.39 is 0 Å². The smallest absolute Gasteiger partial charge is 0.143 e. The Labute approximate surface area is 139 Å². The first-order valence-electron chi connectivity index (χ1n) is 7.55. The van der Waals surface area contributed by atoms with Crippen LogP contribution < -0.4 is 10.1 Å². The molecule has 116 valence electrons. The Kier molecular flexibility index (Phi) is 3.31. The van der Waals surface area contributed by atoms with Crippen LogP contribution in [0.15, 0.2) is 48.0 Å². The van der Waals surface area contributed by atoms with Crippen molar-refractivity contribution in [2.45, 2.75) is 19.4 Å². The number of nitrogens with one attached hydrogen (secondary N) is 1. The van der Waals surface area contributed by atoms with E-state index in [1.165, 1.54) is 0 Å². The topological polar surface area (TPSA) is 47.0 Å². The summed E-state index contributed by atoms with van der Waals surface area (Å²) < 4.78 is 5.99. The van der Waals surface area contributed by atoms with Gasteiger partial charge in [0.05, 0.1) is 23.6 Å². The van der Waals surface area contributed by atoms with E-state index in [2.05, 4.69) is 41.7 Å². The second-order valence-corrected chi connectivity index (χ2v) is 7.04. The number of ether oxygens (including phenoxy) is 1. The number of hydrogen-bond acceptors (Lipinski definition) is 5. The molecule has 0 spiro atoms. The predicted octanol–water partition coefficient (Wildman–Crippen LogP) is 4.46. The first-order chi connectivity index (χ1) is 11.1. The van der Waals surface area contributed by atoms with Crippen molar-refractivity contribution in [1.82, 2.24) is 9.97 Å². The average Bonchev–Trinajstić information content (AvgIpc) is 3.04. The monoisotopic (exact) mass is 323 g/mol. The predicted molar refractivity (Wildman–Crippen MR) is 94.0 cm³/mol. The number of benzene rings is 1. The van der Waals surface area contributed by atoms with Crippen LogP contribution in [0, 0.1) is 0 Å². The van der Waals surface area contributed by atoms with Gasteiger partial charge in [-0.2, -0.15) is 0 Å². The Balaban J connectivity index is 1.66. The van der Waals surface area contributed by atoms with Gasteiger partial charge in [-0.3, -0.25) is 4.98 Å². The number of pyridine rings is 1. The second-order valence-electron chi connectivity index (χ2n) is 6.18. The highest BCUT2D eigenvalue weighted by atomic mass is 32.1. The third-order valence-corrected chi connectivity index (χ3v) is 4.62. The molecule has 0 fully saturated rings. The van der Waals surface area contributed by atoms with E-state index in [9.17, 15) is 0 Å². The fourth-order valence-electron chi connectivity index (χ4n) is 2.57. The standard InChI is InChI=1S/C18H17N3OS/c1-18(2)11-20-14-9-12(6-7-16(14)22-18)15-10-23-17(21-15)13-5-3-4-8-19-13/h3-10,20H,11H2,1-2H3. The van der Waals surface area contributed by atoms with Gasteiger partial charge in [0.15, 0.2) is 0 Å². The zero-order valence-corrected chi connectivity index (χ0v) is 13.9. The van der Waals surface area contributed by atoms with Gasteiger partial charge >= 0.3 is 0 Å². The molecular weight excluding hydrogens is 306 g/mol. The summed E-state index contributed by atoms with van der Waals surface area (Å²) in [6.07, 6.45) is 1.79. The average molecular weight is 323 g/mol. The van der Waals surface area contributed by atoms with Crippen molar-refractivity contribution < 1.29 is 4.74 Å². The second kappa shape index (κ2) is 5.35. The van der Waals surface area contributed by atoms with Crippen molar-refractivity contribution in [1.29, 1.82) is 0 Å². The van der Waals surface area contributed by atoms with Crippen molar-refractivity contribution in [3.63, 3.8) is 0 Å². The van der Waals surface area contributed by atoms with E-state index >= 15 is 0 Å². The number of thiazole rings is 1. The number of hydrogen-bond donors (Lipinski definition) is 1. The van der Waals surface area contributed by atoms with Gasteiger partial charge in [-0.15, -0.1) is 11.3 Å². The summed E-state index contributed by atoms with van der Waals surface area (Å²) in [7, 11) is 0. The van der Waals surface area contributed by atoms with Crippen LogP contribution in [0.1, 0.15) is 13.8 Å². The molecule has 1 N–H and O–H groups in total. The van der Waals surface area contributed by atoms with E-state index in [-0.39, 0.29) is 5.60 Å². The number of aromatic nitrogens is 2. The largest absolute Gasteiger partial charge is 0.484 e. The fraction of sp³-hybridized carbons (Fsp3) is 0.222. The molecular formula is C18H17N3OS. The van der Waals surface area contributed by atoms with E-state index in [1.54, 1.807) is 17.5 Å². The van der Waals surface area contributed by atoms with Gasteiger partial charge < -0.3 is 10.1 Å². The molecule has 0 bridgehead atoms. The van der Waals surface area contributed by atoms with Crippen LogP contribution in [-0.2, 0) is 0 Å². The summed E-state index contributed by atoms with van der Waals surface area (Å²) >= 11 is 1.61. The Morgan fingerprint density at radius 2 is 2.09 bits per heavy atom. The van der Waals surface area contributed by atoms with Gasteiger partial charge in [-0.25, -0.2) is 4.98 Å². The lowest BCUT2D eigenvalue weighted by atomic mass is 10.1. The van der Waals surface area contributed by atoms with Gasteiger partial charge in [0.2, 0.25) is 0 Å². The van der Waals surface area contributed by atoms with Gasteiger partial charge in [-0.05, 0) is 44.2 Å². The van der Waals surface area contributed by atoms with Gasteiger partial charge in [0, 0.05) is 17.1 Å². The molecule has 4 rings (SSSR count). The Hall–Kier alpha value is -2.40. The lowest BCUT2D eigenvalue weighted by molar-refractivity contribution is 0.116. The molecule has 0 unspecified atom stereocenters. The first-order valence-corrected chi connectivity index (χ1v) is 8.43.